The Kier molecular flexibility index (Phi) is 5.07. The van der Waals surface area contributed by atoms with Crippen LogP contribution in [0.15, 0.2) is 24.3 Å². The predicted octanol–water partition coefficient (Wildman–Crippen LogP) is 3.60. The van der Waals surface area contributed by atoms with Crippen LogP contribution in [0, 0.1) is 10.1 Å². The van der Waals surface area contributed by atoms with E-state index in [4.69, 9.17) is 0 Å². The Morgan fingerprint density at radius 3 is 2.47 bits per heavy atom. The highest BCUT2D eigenvalue weighted by Crippen LogP contribution is 2.32. The molecule has 1 unspecified atom stereocenters. The highest BCUT2D eigenvalue weighted by atomic mass is 32.2. The van der Waals surface area contributed by atoms with Crippen LogP contribution in [0.4, 0.5) is 0 Å². The van der Waals surface area contributed by atoms with Gasteiger partial charge in [0, 0.05) is 10.2 Å². The molecule has 0 aromatic heterocycles. The second kappa shape index (κ2) is 6.80. The van der Waals surface area contributed by atoms with Crippen LogP contribution < -0.4 is 0 Å². The molecule has 1 aromatic rings. The molecule has 1 aliphatic rings. The van der Waals surface area contributed by atoms with Crippen molar-refractivity contribution < 1.29 is 10.0 Å². The van der Waals surface area contributed by atoms with E-state index in [-0.39, 0.29) is 10.7 Å². The van der Waals surface area contributed by atoms with Gasteiger partial charge in [0.1, 0.15) is 5.75 Å². The number of aromatic hydroxyl groups is 1. The molecule has 0 radical (unpaired) electrons. The predicted molar refractivity (Wildman–Crippen MR) is 77.1 cm³/mol. The first kappa shape index (κ1) is 14.2. The normalized spacial score (nSPS) is 18.1. The molecular weight excluding hydrogens is 262 g/mol. The molecule has 1 aliphatic carbocycles. The fourth-order valence-corrected chi connectivity index (χ4v) is 3.87. The lowest BCUT2D eigenvalue weighted by Crippen LogP contribution is -2.23. The maximum absolute atomic E-state index is 11.2. The van der Waals surface area contributed by atoms with E-state index in [1.165, 1.54) is 31.0 Å². The number of nitro groups is 1. The van der Waals surface area contributed by atoms with Gasteiger partial charge in [0.2, 0.25) is 0 Å². The third-order valence-electron chi connectivity index (χ3n) is 3.48. The van der Waals surface area contributed by atoms with Crippen molar-refractivity contribution in [2.24, 2.45) is 0 Å². The summed E-state index contributed by atoms with van der Waals surface area (Å²) >= 11 is 1.51. The number of rotatable bonds is 5. The smallest absolute Gasteiger partial charge is 0.262 e. The van der Waals surface area contributed by atoms with Crippen LogP contribution in [0.25, 0.3) is 0 Å². The summed E-state index contributed by atoms with van der Waals surface area (Å²) in [6, 6.07) is 6.68. The summed E-state index contributed by atoms with van der Waals surface area (Å²) < 4.78 is 0. The maximum atomic E-state index is 11.2. The quantitative estimate of drug-likeness (QED) is 0.509. The van der Waals surface area contributed by atoms with Crippen LogP contribution in [0.3, 0.4) is 0 Å². The molecule has 0 aliphatic heterocycles. The number of benzene rings is 1. The number of hydrogen-bond acceptors (Lipinski definition) is 4. The molecule has 4 nitrogen and oxygen atoms in total. The number of phenols is 1. The first-order chi connectivity index (χ1) is 9.15. The number of nitrogens with zero attached hydrogens (tertiary/aromatic N) is 1. The van der Waals surface area contributed by atoms with Gasteiger partial charge in [0.05, 0.1) is 6.42 Å². The second-order valence-electron chi connectivity index (χ2n) is 5.01. The zero-order valence-corrected chi connectivity index (χ0v) is 11.6. The summed E-state index contributed by atoms with van der Waals surface area (Å²) in [5.41, 5.74) is 0.905. The monoisotopic (exact) mass is 281 g/mol. The van der Waals surface area contributed by atoms with Gasteiger partial charge >= 0.3 is 0 Å². The zero-order valence-electron chi connectivity index (χ0n) is 10.8. The summed E-state index contributed by atoms with van der Waals surface area (Å²) in [5.74, 6) is 0.196. The van der Waals surface area contributed by atoms with Crippen molar-refractivity contribution in [1.82, 2.24) is 0 Å². The molecule has 104 valence electrons. The SMILES string of the molecule is O=[N+]([O-])C(Cc1ccc(O)cc1)SC1CCCCC1. The first-order valence-corrected chi connectivity index (χ1v) is 7.66. The molecule has 0 heterocycles. The van der Waals surface area contributed by atoms with Gasteiger partial charge in [-0.05, 0) is 30.5 Å². The van der Waals surface area contributed by atoms with Crippen molar-refractivity contribution in [1.29, 1.82) is 0 Å². The fourth-order valence-electron chi connectivity index (χ4n) is 2.43. The van der Waals surface area contributed by atoms with Crippen molar-refractivity contribution in [2.75, 3.05) is 0 Å². The van der Waals surface area contributed by atoms with Gasteiger partial charge in [-0.1, -0.05) is 43.2 Å². The lowest BCUT2D eigenvalue weighted by molar-refractivity contribution is -0.494. The molecule has 2 rings (SSSR count). The standard InChI is InChI=1S/C14H19NO3S/c16-12-8-6-11(7-9-12)10-14(15(17)18)19-13-4-2-1-3-5-13/h6-9,13-14,16H,1-5,10H2. The van der Waals surface area contributed by atoms with Crippen LogP contribution in [0.5, 0.6) is 5.75 Å². The van der Waals surface area contributed by atoms with Crippen molar-refractivity contribution >= 4 is 11.8 Å². The summed E-state index contributed by atoms with van der Waals surface area (Å²) in [6.45, 7) is 0. The number of phenolic OH excluding ortho intramolecular Hbond substituents is 1. The van der Waals surface area contributed by atoms with E-state index in [1.807, 2.05) is 0 Å². The summed E-state index contributed by atoms with van der Waals surface area (Å²) in [6.07, 6.45) is 6.28. The third kappa shape index (κ3) is 4.42. The van der Waals surface area contributed by atoms with Crippen molar-refractivity contribution in [3.8, 4) is 5.75 Å². The van der Waals surface area contributed by atoms with Crippen LogP contribution in [-0.4, -0.2) is 20.7 Å². The maximum Gasteiger partial charge on any atom is 0.262 e. The molecule has 0 saturated heterocycles. The highest BCUT2D eigenvalue weighted by Gasteiger charge is 2.27. The van der Waals surface area contributed by atoms with E-state index >= 15 is 0 Å². The van der Waals surface area contributed by atoms with E-state index in [9.17, 15) is 15.2 Å². The average molecular weight is 281 g/mol. The first-order valence-electron chi connectivity index (χ1n) is 6.72. The van der Waals surface area contributed by atoms with E-state index in [1.54, 1.807) is 24.3 Å². The molecule has 5 heteroatoms. The minimum atomic E-state index is -0.576. The Morgan fingerprint density at radius 2 is 1.89 bits per heavy atom. The minimum absolute atomic E-state index is 0.174. The molecule has 0 amide bonds. The van der Waals surface area contributed by atoms with Gasteiger partial charge in [-0.25, -0.2) is 0 Å². The third-order valence-corrected chi connectivity index (χ3v) is 4.99. The second-order valence-corrected chi connectivity index (χ2v) is 6.49. The minimum Gasteiger partial charge on any atom is -0.508 e. The molecule has 1 atom stereocenters. The van der Waals surface area contributed by atoms with E-state index in [0.29, 0.717) is 11.7 Å². The topological polar surface area (TPSA) is 63.4 Å². The van der Waals surface area contributed by atoms with Gasteiger partial charge in [0.15, 0.2) is 0 Å². The molecule has 1 aromatic carbocycles. The summed E-state index contributed by atoms with van der Waals surface area (Å²) in [4.78, 5) is 11.0. The molecule has 1 saturated carbocycles. The van der Waals surface area contributed by atoms with Crippen molar-refractivity contribution in [3.63, 3.8) is 0 Å². The lowest BCUT2D eigenvalue weighted by Gasteiger charge is -2.22. The van der Waals surface area contributed by atoms with Gasteiger partial charge in [-0.15, -0.1) is 0 Å². The van der Waals surface area contributed by atoms with Crippen LogP contribution in [-0.2, 0) is 6.42 Å². The summed E-state index contributed by atoms with van der Waals surface area (Å²) in [5, 5.41) is 20.3. The van der Waals surface area contributed by atoms with Crippen LogP contribution >= 0.6 is 11.8 Å². The Hall–Kier alpha value is -1.23. The molecule has 19 heavy (non-hydrogen) atoms. The van der Waals surface area contributed by atoms with Gasteiger partial charge < -0.3 is 5.11 Å². The Balaban J connectivity index is 1.95. The Labute approximate surface area is 117 Å². The van der Waals surface area contributed by atoms with Crippen LogP contribution in [0.1, 0.15) is 37.7 Å². The largest absolute Gasteiger partial charge is 0.508 e. The van der Waals surface area contributed by atoms with E-state index in [0.717, 1.165) is 18.4 Å². The van der Waals surface area contributed by atoms with E-state index in [2.05, 4.69) is 0 Å². The molecule has 1 N–H and O–H groups in total. The van der Waals surface area contributed by atoms with Crippen LogP contribution in [0.2, 0.25) is 0 Å². The molecule has 0 bridgehead atoms. The van der Waals surface area contributed by atoms with Crippen molar-refractivity contribution in [2.45, 2.75) is 49.1 Å². The number of thioether (sulfide) groups is 1. The van der Waals surface area contributed by atoms with Crippen molar-refractivity contribution in [3.05, 3.63) is 39.9 Å². The average Bonchev–Trinajstić information content (AvgIpc) is 2.41. The van der Waals surface area contributed by atoms with Gasteiger partial charge in [0.25, 0.3) is 5.37 Å². The zero-order chi connectivity index (χ0) is 13.7. The Morgan fingerprint density at radius 1 is 1.26 bits per heavy atom. The molecule has 0 spiro atoms. The molecular formula is C14H19NO3S. The number of hydrogen-bond donors (Lipinski definition) is 1. The van der Waals surface area contributed by atoms with Gasteiger partial charge in [-0.2, -0.15) is 0 Å². The lowest BCUT2D eigenvalue weighted by atomic mass is 10.0. The highest BCUT2D eigenvalue weighted by molar-refractivity contribution is 8.00. The van der Waals surface area contributed by atoms with E-state index < -0.39 is 5.37 Å². The fraction of sp³-hybridized carbons (Fsp3) is 0.571. The molecule has 1 fully saturated rings. The van der Waals surface area contributed by atoms with Gasteiger partial charge in [-0.3, -0.25) is 10.1 Å². The summed E-state index contributed by atoms with van der Waals surface area (Å²) in [7, 11) is 0. The Bertz CT molecular complexity index is 415.